The average Bonchev–Trinajstić information content (AvgIpc) is 2.99. The van der Waals surface area contributed by atoms with Crippen molar-refractivity contribution in [2.24, 2.45) is 5.10 Å². The van der Waals surface area contributed by atoms with Gasteiger partial charge in [0.1, 0.15) is 18.9 Å². The smallest absolute Gasteiger partial charge is 0.307 e. The molecule has 0 radical (unpaired) electrons. The Bertz CT molecular complexity index is 804. The fourth-order valence-corrected chi connectivity index (χ4v) is 2.18. The van der Waals surface area contributed by atoms with Crippen LogP contribution in [0.4, 0.5) is 5.69 Å². The maximum absolute atomic E-state index is 11.7. The molecule has 1 heterocycles. The maximum atomic E-state index is 11.7. The normalized spacial score (nSPS) is 10.8. The predicted molar refractivity (Wildman–Crippen MR) is 87.0 cm³/mol. The molecular weight excluding hydrogens is 386 g/mol. The summed E-state index contributed by atoms with van der Waals surface area (Å²) in [6.07, 6.45) is 3.55. The van der Waals surface area contributed by atoms with Crippen molar-refractivity contribution in [3.05, 3.63) is 44.7 Å². The molecule has 10 nitrogen and oxygen atoms in total. The van der Waals surface area contributed by atoms with E-state index in [1.54, 1.807) is 6.07 Å². The first-order valence-electron chi connectivity index (χ1n) is 6.46. The number of aromatic hydroxyl groups is 1. The number of phenolic OH excluding ortho intramolecular Hbond substituents is 1. The molecule has 2 aromatic rings. The summed E-state index contributed by atoms with van der Waals surface area (Å²) in [5.74, 6) is -0.297. The van der Waals surface area contributed by atoms with Gasteiger partial charge in [0, 0.05) is 0 Å². The van der Waals surface area contributed by atoms with Crippen molar-refractivity contribution >= 4 is 33.7 Å². The van der Waals surface area contributed by atoms with E-state index in [-0.39, 0.29) is 23.7 Å². The number of halogens is 1. The molecule has 1 aromatic heterocycles. The topological polar surface area (TPSA) is 132 Å². The molecule has 2 rings (SSSR count). The van der Waals surface area contributed by atoms with E-state index in [1.807, 2.05) is 0 Å². The lowest BCUT2D eigenvalue weighted by Gasteiger charge is -2.06. The fraction of sp³-hybridized carbons (Fsp3) is 0.154. The van der Waals surface area contributed by atoms with E-state index < -0.39 is 10.8 Å². The van der Waals surface area contributed by atoms with Crippen LogP contribution in [0.1, 0.15) is 5.56 Å². The third kappa shape index (κ3) is 4.29. The summed E-state index contributed by atoms with van der Waals surface area (Å²) in [4.78, 5) is 21.6. The van der Waals surface area contributed by atoms with Gasteiger partial charge in [-0.15, -0.1) is 0 Å². The number of phenols is 1. The number of rotatable bonds is 6. The third-order valence-electron chi connectivity index (χ3n) is 2.81. The summed E-state index contributed by atoms with van der Waals surface area (Å²) in [7, 11) is 1.41. The Labute approximate surface area is 144 Å². The van der Waals surface area contributed by atoms with Gasteiger partial charge in [0.25, 0.3) is 5.91 Å². The quantitative estimate of drug-likeness (QED) is 0.430. The van der Waals surface area contributed by atoms with E-state index in [0.717, 1.165) is 17.1 Å². The number of hydrogen-bond acceptors (Lipinski definition) is 7. The molecule has 0 saturated heterocycles. The highest BCUT2D eigenvalue weighted by Gasteiger charge is 2.11. The third-order valence-corrected chi connectivity index (χ3v) is 3.41. The Morgan fingerprint density at radius 1 is 1.62 bits per heavy atom. The summed E-state index contributed by atoms with van der Waals surface area (Å²) in [6.45, 7) is -0.215. The van der Waals surface area contributed by atoms with Gasteiger partial charge in [-0.3, -0.25) is 19.6 Å². The highest BCUT2D eigenvalue weighted by molar-refractivity contribution is 9.10. The highest BCUT2D eigenvalue weighted by Crippen LogP contribution is 2.34. The number of aromatic nitrogens is 2. The van der Waals surface area contributed by atoms with E-state index in [2.05, 4.69) is 31.6 Å². The molecule has 11 heteroatoms. The molecule has 1 aromatic carbocycles. The van der Waals surface area contributed by atoms with Gasteiger partial charge in [0.2, 0.25) is 0 Å². The molecule has 2 N–H and O–H groups in total. The Morgan fingerprint density at radius 3 is 3.00 bits per heavy atom. The number of carbonyl (C=O) groups excluding carboxylic acids is 1. The second kappa shape index (κ2) is 7.55. The molecule has 1 amide bonds. The molecule has 0 spiro atoms. The van der Waals surface area contributed by atoms with E-state index in [4.69, 9.17) is 4.74 Å². The Hall–Kier alpha value is -2.95. The molecule has 126 valence electrons. The lowest BCUT2D eigenvalue weighted by Crippen LogP contribution is -2.23. The fourth-order valence-electron chi connectivity index (χ4n) is 1.72. The number of benzene rings is 1. The lowest BCUT2D eigenvalue weighted by atomic mass is 10.2. The summed E-state index contributed by atoms with van der Waals surface area (Å²) < 4.78 is 6.54. The molecule has 0 bridgehead atoms. The Morgan fingerprint density at radius 2 is 2.38 bits per heavy atom. The minimum absolute atomic E-state index is 0.0426. The summed E-state index contributed by atoms with van der Waals surface area (Å²) in [6, 6.07) is 3.12. The van der Waals surface area contributed by atoms with Gasteiger partial charge in [-0.1, -0.05) is 0 Å². The van der Waals surface area contributed by atoms with Crippen LogP contribution in [-0.2, 0) is 11.3 Å². The molecule has 0 aliphatic rings. The number of nitrogens with one attached hydrogen (secondary N) is 1. The summed E-state index contributed by atoms with van der Waals surface area (Å²) in [5.41, 5.74) is 2.64. The molecule has 0 saturated carbocycles. The van der Waals surface area contributed by atoms with Crippen LogP contribution >= 0.6 is 15.9 Å². The number of ether oxygens (including phenoxy) is 1. The van der Waals surface area contributed by atoms with Crippen LogP contribution in [-0.4, -0.2) is 39.0 Å². The van der Waals surface area contributed by atoms with E-state index in [1.165, 1.54) is 19.4 Å². The molecule has 0 aliphatic carbocycles. The largest absolute Gasteiger partial charge is 0.503 e. The SMILES string of the molecule is COc1cc(/C=N/NC(=O)Cn2cc([N+](=O)[O-])cn2)cc(Br)c1O. The molecule has 0 unspecified atom stereocenters. The van der Waals surface area contributed by atoms with Gasteiger partial charge < -0.3 is 9.84 Å². The standard InChI is InChI=1S/C13H12BrN5O5/c1-24-11-3-8(2-10(14)13(11)21)4-15-17-12(20)7-18-6-9(5-16-18)19(22)23/h2-6,21H,7H2,1H3,(H,17,20)/b15-4+. The van der Waals surface area contributed by atoms with Crippen LogP contribution < -0.4 is 10.2 Å². The first kappa shape index (κ1) is 17.4. The zero-order chi connectivity index (χ0) is 17.7. The molecule has 0 atom stereocenters. The highest BCUT2D eigenvalue weighted by atomic mass is 79.9. The number of methoxy groups -OCH3 is 1. The van der Waals surface area contributed by atoms with Gasteiger partial charge in [0.05, 0.1) is 22.7 Å². The van der Waals surface area contributed by atoms with E-state index in [0.29, 0.717) is 10.0 Å². The Kier molecular flexibility index (Phi) is 5.47. The van der Waals surface area contributed by atoms with Gasteiger partial charge in [0.15, 0.2) is 11.5 Å². The van der Waals surface area contributed by atoms with Crippen LogP contribution in [0.15, 0.2) is 34.1 Å². The number of hydrogen-bond donors (Lipinski definition) is 2. The van der Waals surface area contributed by atoms with Crippen molar-refractivity contribution in [3.63, 3.8) is 0 Å². The van der Waals surface area contributed by atoms with Crippen LogP contribution in [0.25, 0.3) is 0 Å². The Balaban J connectivity index is 1.97. The van der Waals surface area contributed by atoms with Crippen LogP contribution in [0.5, 0.6) is 11.5 Å². The van der Waals surface area contributed by atoms with Crippen molar-refractivity contribution in [2.45, 2.75) is 6.54 Å². The first-order chi connectivity index (χ1) is 11.4. The molecule has 0 aliphatic heterocycles. The van der Waals surface area contributed by atoms with E-state index >= 15 is 0 Å². The molecular formula is C13H12BrN5O5. The summed E-state index contributed by atoms with van der Waals surface area (Å²) in [5, 5.41) is 27.7. The second-order valence-electron chi connectivity index (χ2n) is 4.50. The van der Waals surface area contributed by atoms with Crippen molar-refractivity contribution < 1.29 is 19.6 Å². The van der Waals surface area contributed by atoms with Crippen LogP contribution in [0.2, 0.25) is 0 Å². The lowest BCUT2D eigenvalue weighted by molar-refractivity contribution is -0.385. The zero-order valence-corrected chi connectivity index (χ0v) is 13.9. The van der Waals surface area contributed by atoms with Gasteiger partial charge in [-0.25, -0.2) is 5.43 Å². The minimum Gasteiger partial charge on any atom is -0.503 e. The van der Waals surface area contributed by atoms with Crippen LogP contribution in [0.3, 0.4) is 0 Å². The number of hydrazone groups is 1. The van der Waals surface area contributed by atoms with Crippen molar-refractivity contribution in [2.75, 3.05) is 7.11 Å². The number of carbonyl (C=O) groups is 1. The number of amides is 1. The second-order valence-corrected chi connectivity index (χ2v) is 5.35. The molecule has 0 fully saturated rings. The summed E-state index contributed by atoms with van der Waals surface area (Å²) >= 11 is 3.17. The maximum Gasteiger partial charge on any atom is 0.307 e. The number of nitrogens with zero attached hydrogens (tertiary/aromatic N) is 4. The van der Waals surface area contributed by atoms with Crippen molar-refractivity contribution in [3.8, 4) is 11.5 Å². The molecule has 24 heavy (non-hydrogen) atoms. The predicted octanol–water partition coefficient (Wildman–Crippen LogP) is 1.42. The number of nitro groups is 1. The van der Waals surface area contributed by atoms with Gasteiger partial charge >= 0.3 is 5.69 Å². The van der Waals surface area contributed by atoms with Crippen molar-refractivity contribution in [1.29, 1.82) is 0 Å². The van der Waals surface area contributed by atoms with Gasteiger partial charge in [-0.05, 0) is 33.6 Å². The van der Waals surface area contributed by atoms with Crippen LogP contribution in [0, 0.1) is 10.1 Å². The van der Waals surface area contributed by atoms with Gasteiger partial charge in [-0.2, -0.15) is 10.2 Å². The zero-order valence-electron chi connectivity index (χ0n) is 12.3. The minimum atomic E-state index is -0.602. The average molecular weight is 398 g/mol. The van der Waals surface area contributed by atoms with E-state index in [9.17, 15) is 20.0 Å². The monoisotopic (exact) mass is 397 g/mol. The van der Waals surface area contributed by atoms with Crippen molar-refractivity contribution in [1.82, 2.24) is 15.2 Å². The first-order valence-corrected chi connectivity index (χ1v) is 7.25.